The van der Waals surface area contributed by atoms with E-state index in [1.165, 1.54) is 31.4 Å². The monoisotopic (exact) mass is 293 g/mol. The van der Waals surface area contributed by atoms with Crippen LogP contribution in [0.4, 0.5) is 17.1 Å². The second-order valence-electron chi connectivity index (χ2n) is 5.55. The number of hydrogen-bond acceptors (Lipinski definition) is 5. The van der Waals surface area contributed by atoms with Crippen LogP contribution in [0.3, 0.4) is 0 Å². The van der Waals surface area contributed by atoms with E-state index in [9.17, 15) is 20.2 Å². The van der Waals surface area contributed by atoms with Crippen molar-refractivity contribution in [2.45, 2.75) is 45.1 Å². The summed E-state index contributed by atoms with van der Waals surface area (Å²) in [5.74, 6) is 0.494. The van der Waals surface area contributed by atoms with Gasteiger partial charge in [0.05, 0.1) is 15.9 Å². The molecule has 1 atom stereocenters. The van der Waals surface area contributed by atoms with E-state index in [0.717, 1.165) is 18.9 Å². The zero-order valence-electron chi connectivity index (χ0n) is 11.9. The van der Waals surface area contributed by atoms with E-state index < -0.39 is 9.85 Å². The van der Waals surface area contributed by atoms with Crippen LogP contribution in [-0.4, -0.2) is 15.9 Å². The highest BCUT2D eigenvalue weighted by Crippen LogP contribution is 2.32. The van der Waals surface area contributed by atoms with Crippen molar-refractivity contribution >= 4 is 17.1 Å². The first-order chi connectivity index (χ1) is 9.99. The standard InChI is InChI=1S/C14H19N3O4/c1-10(11-5-3-2-4-6-11)15-13-8-7-12(16(18)19)9-14(13)17(20)21/h7-11,15H,2-6H2,1H3. The smallest absolute Gasteiger partial charge is 0.299 e. The van der Waals surface area contributed by atoms with Crippen LogP contribution in [-0.2, 0) is 0 Å². The van der Waals surface area contributed by atoms with Gasteiger partial charge in [-0.05, 0) is 31.7 Å². The fourth-order valence-corrected chi connectivity index (χ4v) is 2.90. The summed E-state index contributed by atoms with van der Waals surface area (Å²) in [6.45, 7) is 2.02. The maximum atomic E-state index is 11.1. The Morgan fingerprint density at radius 2 is 1.81 bits per heavy atom. The Labute approximate surface area is 122 Å². The lowest BCUT2D eigenvalue weighted by atomic mass is 9.84. The van der Waals surface area contributed by atoms with Gasteiger partial charge in [0.25, 0.3) is 11.4 Å². The van der Waals surface area contributed by atoms with E-state index in [1.54, 1.807) is 0 Å². The van der Waals surface area contributed by atoms with E-state index in [0.29, 0.717) is 11.6 Å². The lowest BCUT2D eigenvalue weighted by Gasteiger charge is -2.28. The van der Waals surface area contributed by atoms with Crippen LogP contribution in [0.2, 0.25) is 0 Å². The Morgan fingerprint density at radius 3 is 2.38 bits per heavy atom. The van der Waals surface area contributed by atoms with Crippen LogP contribution in [0.15, 0.2) is 18.2 Å². The van der Waals surface area contributed by atoms with Crippen molar-refractivity contribution in [3.8, 4) is 0 Å². The van der Waals surface area contributed by atoms with Crippen molar-refractivity contribution in [2.24, 2.45) is 5.92 Å². The van der Waals surface area contributed by atoms with Crippen LogP contribution in [0.5, 0.6) is 0 Å². The lowest BCUT2D eigenvalue weighted by molar-refractivity contribution is -0.393. The van der Waals surface area contributed by atoms with Gasteiger partial charge in [0.15, 0.2) is 0 Å². The average Bonchev–Trinajstić information content (AvgIpc) is 2.48. The van der Waals surface area contributed by atoms with Crippen molar-refractivity contribution in [1.29, 1.82) is 0 Å². The van der Waals surface area contributed by atoms with Crippen molar-refractivity contribution in [3.63, 3.8) is 0 Å². The third kappa shape index (κ3) is 3.68. The molecule has 2 rings (SSSR count). The molecule has 1 aliphatic rings. The normalized spacial score (nSPS) is 17.2. The van der Waals surface area contributed by atoms with Gasteiger partial charge in [-0.3, -0.25) is 20.2 Å². The molecular formula is C14H19N3O4. The molecular weight excluding hydrogens is 274 g/mol. The number of nitro benzene ring substituents is 2. The molecule has 1 unspecified atom stereocenters. The van der Waals surface area contributed by atoms with Crippen LogP contribution in [0.1, 0.15) is 39.0 Å². The van der Waals surface area contributed by atoms with Crippen molar-refractivity contribution in [3.05, 3.63) is 38.4 Å². The maximum absolute atomic E-state index is 11.1. The molecule has 1 saturated carbocycles. The molecule has 114 valence electrons. The predicted molar refractivity (Wildman–Crippen MR) is 79.4 cm³/mol. The molecule has 0 spiro atoms. The minimum atomic E-state index is -0.624. The number of hydrogen-bond donors (Lipinski definition) is 1. The Bertz CT molecular complexity index is 541. The summed E-state index contributed by atoms with van der Waals surface area (Å²) in [6, 6.07) is 3.85. The largest absolute Gasteiger partial charge is 0.377 e. The van der Waals surface area contributed by atoms with E-state index in [4.69, 9.17) is 0 Å². The fourth-order valence-electron chi connectivity index (χ4n) is 2.90. The number of benzene rings is 1. The van der Waals surface area contributed by atoms with Crippen LogP contribution in [0, 0.1) is 26.1 Å². The first-order valence-electron chi connectivity index (χ1n) is 7.18. The summed E-state index contributed by atoms with van der Waals surface area (Å²) >= 11 is 0. The molecule has 1 aliphatic carbocycles. The van der Waals surface area contributed by atoms with E-state index in [2.05, 4.69) is 5.32 Å². The highest BCUT2D eigenvalue weighted by atomic mass is 16.6. The van der Waals surface area contributed by atoms with Gasteiger partial charge in [0, 0.05) is 12.1 Å². The van der Waals surface area contributed by atoms with Gasteiger partial charge in [0.2, 0.25) is 0 Å². The van der Waals surface area contributed by atoms with Gasteiger partial charge in [-0.2, -0.15) is 0 Å². The number of nitrogens with zero attached hydrogens (tertiary/aromatic N) is 2. The fraction of sp³-hybridized carbons (Fsp3) is 0.571. The highest BCUT2D eigenvalue weighted by Gasteiger charge is 2.24. The Hall–Kier alpha value is -2.18. The number of nitro groups is 2. The second kappa shape index (κ2) is 6.51. The molecule has 0 aliphatic heterocycles. The zero-order valence-corrected chi connectivity index (χ0v) is 11.9. The van der Waals surface area contributed by atoms with Gasteiger partial charge in [-0.15, -0.1) is 0 Å². The highest BCUT2D eigenvalue weighted by molar-refractivity contribution is 5.65. The van der Waals surface area contributed by atoms with Crippen molar-refractivity contribution < 1.29 is 9.85 Å². The van der Waals surface area contributed by atoms with Gasteiger partial charge < -0.3 is 5.32 Å². The van der Waals surface area contributed by atoms with Gasteiger partial charge in [0.1, 0.15) is 5.69 Å². The molecule has 0 aromatic heterocycles. The minimum Gasteiger partial charge on any atom is -0.377 e. The van der Waals surface area contributed by atoms with Gasteiger partial charge in [-0.25, -0.2) is 0 Å². The van der Waals surface area contributed by atoms with E-state index >= 15 is 0 Å². The third-order valence-corrected chi connectivity index (χ3v) is 4.13. The molecule has 7 heteroatoms. The number of anilines is 1. The SMILES string of the molecule is CC(Nc1ccc([N+](=O)[O-])cc1[N+](=O)[O-])C1CCCCC1. The van der Waals surface area contributed by atoms with Gasteiger partial charge in [-0.1, -0.05) is 19.3 Å². The first-order valence-corrected chi connectivity index (χ1v) is 7.18. The molecule has 0 radical (unpaired) electrons. The van der Waals surface area contributed by atoms with Crippen molar-refractivity contribution in [2.75, 3.05) is 5.32 Å². The Kier molecular flexibility index (Phi) is 4.72. The molecule has 1 fully saturated rings. The summed E-state index contributed by atoms with van der Waals surface area (Å²) in [4.78, 5) is 20.6. The molecule has 0 amide bonds. The molecule has 7 nitrogen and oxygen atoms in total. The zero-order chi connectivity index (χ0) is 15.4. The number of rotatable bonds is 5. The third-order valence-electron chi connectivity index (χ3n) is 4.13. The molecule has 1 aromatic rings. The molecule has 1 N–H and O–H groups in total. The summed E-state index contributed by atoms with van der Waals surface area (Å²) < 4.78 is 0. The molecule has 21 heavy (non-hydrogen) atoms. The Balaban J connectivity index is 2.18. The second-order valence-corrected chi connectivity index (χ2v) is 5.55. The summed E-state index contributed by atoms with van der Waals surface area (Å²) in [5, 5.41) is 25.0. The summed E-state index contributed by atoms with van der Waals surface area (Å²) in [7, 11) is 0. The van der Waals surface area contributed by atoms with Crippen LogP contribution in [0.25, 0.3) is 0 Å². The van der Waals surface area contributed by atoms with E-state index in [1.807, 2.05) is 6.92 Å². The van der Waals surface area contributed by atoms with Crippen molar-refractivity contribution in [1.82, 2.24) is 0 Å². The Morgan fingerprint density at radius 1 is 1.14 bits per heavy atom. The molecule has 1 aromatic carbocycles. The topological polar surface area (TPSA) is 98.3 Å². The summed E-state index contributed by atoms with van der Waals surface area (Å²) in [5.41, 5.74) is -0.159. The maximum Gasteiger partial charge on any atom is 0.299 e. The number of nitrogens with one attached hydrogen (secondary N) is 1. The number of non-ortho nitro benzene ring substituents is 1. The average molecular weight is 293 g/mol. The summed E-state index contributed by atoms with van der Waals surface area (Å²) in [6.07, 6.45) is 5.88. The van der Waals surface area contributed by atoms with Gasteiger partial charge >= 0.3 is 0 Å². The minimum absolute atomic E-state index is 0.116. The van der Waals surface area contributed by atoms with Crippen LogP contribution >= 0.6 is 0 Å². The molecule has 0 saturated heterocycles. The first kappa shape index (κ1) is 15.2. The molecule has 0 heterocycles. The molecule has 0 bridgehead atoms. The lowest BCUT2D eigenvalue weighted by Crippen LogP contribution is -2.27. The quantitative estimate of drug-likeness (QED) is 0.656. The van der Waals surface area contributed by atoms with E-state index in [-0.39, 0.29) is 17.4 Å². The predicted octanol–water partition coefficient (Wildman–Crippen LogP) is 3.88. The van der Waals surface area contributed by atoms with Crippen LogP contribution < -0.4 is 5.32 Å².